The maximum absolute atomic E-state index is 14.4. The Balaban J connectivity index is 1.77. The van der Waals surface area contributed by atoms with Crippen molar-refractivity contribution in [2.24, 2.45) is 5.41 Å². The smallest absolute Gasteiger partial charge is 0.304 e. The Kier molecular flexibility index (Phi) is 9.52. The lowest BCUT2D eigenvalue weighted by Crippen LogP contribution is -2.59. The highest BCUT2D eigenvalue weighted by Crippen LogP contribution is 2.52. The minimum Gasteiger partial charge on any atom is -0.481 e. The number of amides is 1. The van der Waals surface area contributed by atoms with Crippen molar-refractivity contribution in [2.45, 2.75) is 51.1 Å². The number of rotatable bonds is 9. The van der Waals surface area contributed by atoms with E-state index in [0.29, 0.717) is 55.6 Å². The van der Waals surface area contributed by atoms with Crippen LogP contribution in [0, 0.1) is 5.41 Å². The molecule has 1 N–H and O–H groups in total. The number of benzene rings is 2. The summed E-state index contributed by atoms with van der Waals surface area (Å²) < 4.78 is 25.5. The zero-order valence-corrected chi connectivity index (χ0v) is 25.4. The number of sulfonamides is 1. The number of carboxylic acid groups (broad SMARTS) is 1. The van der Waals surface area contributed by atoms with Crippen LogP contribution in [0.2, 0.25) is 10.0 Å². The van der Waals surface area contributed by atoms with Gasteiger partial charge < -0.3 is 10.0 Å². The molecule has 2 aromatic rings. The summed E-state index contributed by atoms with van der Waals surface area (Å²) in [5.41, 5.74) is 0.739. The van der Waals surface area contributed by atoms with E-state index in [-0.39, 0.29) is 30.3 Å². The van der Waals surface area contributed by atoms with Gasteiger partial charge in [-0.2, -0.15) is 4.31 Å². The summed E-state index contributed by atoms with van der Waals surface area (Å²) in [5, 5.41) is 11.0. The van der Waals surface area contributed by atoms with E-state index in [9.17, 15) is 23.1 Å². The molecule has 4 unspecified atom stereocenters. The number of piperidine rings is 1. The van der Waals surface area contributed by atoms with Crippen LogP contribution in [0.25, 0.3) is 0 Å². The van der Waals surface area contributed by atoms with Crippen LogP contribution in [0.3, 0.4) is 0 Å². The molecule has 0 saturated carbocycles. The van der Waals surface area contributed by atoms with Gasteiger partial charge in [0.25, 0.3) is 0 Å². The maximum atomic E-state index is 14.4. The first-order valence-electron chi connectivity index (χ1n) is 13.6. The van der Waals surface area contributed by atoms with Gasteiger partial charge in [0, 0.05) is 54.7 Å². The molecule has 2 fully saturated rings. The molecule has 40 heavy (non-hydrogen) atoms. The molecule has 2 saturated heterocycles. The van der Waals surface area contributed by atoms with Gasteiger partial charge in [0.05, 0.1) is 24.1 Å². The lowest BCUT2D eigenvalue weighted by atomic mass is 9.67. The van der Waals surface area contributed by atoms with Crippen LogP contribution in [-0.4, -0.2) is 84.5 Å². The predicted molar refractivity (Wildman–Crippen MR) is 157 cm³/mol. The summed E-state index contributed by atoms with van der Waals surface area (Å²) in [7, 11) is -3.26. The monoisotopic (exact) mass is 609 g/mol. The highest BCUT2D eigenvalue weighted by atomic mass is 35.5. The van der Waals surface area contributed by atoms with Crippen molar-refractivity contribution in [1.82, 2.24) is 14.1 Å². The van der Waals surface area contributed by atoms with Crippen molar-refractivity contribution in [3.05, 3.63) is 69.7 Å². The first-order chi connectivity index (χ1) is 18.8. The zero-order valence-electron chi connectivity index (χ0n) is 23.1. The van der Waals surface area contributed by atoms with E-state index < -0.39 is 21.4 Å². The van der Waals surface area contributed by atoms with Gasteiger partial charge in [0.2, 0.25) is 15.9 Å². The Labute approximate surface area is 246 Å². The second-order valence-electron chi connectivity index (χ2n) is 11.2. The minimum atomic E-state index is -3.26. The second-order valence-corrected chi connectivity index (χ2v) is 14.1. The Hall–Kier alpha value is -2.17. The molecule has 2 aromatic carbocycles. The Morgan fingerprint density at radius 1 is 1.05 bits per heavy atom. The molecule has 4 atom stereocenters. The highest BCUT2D eigenvalue weighted by molar-refractivity contribution is 7.88. The van der Waals surface area contributed by atoms with Crippen molar-refractivity contribution in [1.29, 1.82) is 0 Å². The molecule has 2 aliphatic rings. The van der Waals surface area contributed by atoms with Gasteiger partial charge in [-0.1, -0.05) is 61.3 Å². The molecule has 0 bridgehead atoms. The molecule has 218 valence electrons. The summed E-state index contributed by atoms with van der Waals surface area (Å²) in [4.78, 5) is 30.5. The van der Waals surface area contributed by atoms with Gasteiger partial charge in [-0.3, -0.25) is 14.5 Å². The molecule has 0 aromatic heterocycles. The molecular weight excluding hydrogens is 573 g/mol. The number of halogens is 2. The van der Waals surface area contributed by atoms with Crippen molar-refractivity contribution in [3.63, 3.8) is 0 Å². The number of hydrogen-bond donors (Lipinski definition) is 1. The quantitative estimate of drug-likeness (QED) is 0.435. The summed E-state index contributed by atoms with van der Waals surface area (Å²) in [5.74, 6) is -1.41. The summed E-state index contributed by atoms with van der Waals surface area (Å²) in [6.07, 6.45) is 1.94. The molecule has 4 rings (SSSR count). The van der Waals surface area contributed by atoms with Gasteiger partial charge in [0.1, 0.15) is 0 Å². The summed E-state index contributed by atoms with van der Waals surface area (Å²) >= 11 is 12.7. The number of nitrogens with zero attached hydrogens (tertiary/aromatic N) is 3. The van der Waals surface area contributed by atoms with Crippen LogP contribution in [0.5, 0.6) is 0 Å². The summed E-state index contributed by atoms with van der Waals surface area (Å²) in [6.45, 7) is 6.24. The van der Waals surface area contributed by atoms with Gasteiger partial charge in [0.15, 0.2) is 0 Å². The Morgan fingerprint density at radius 2 is 1.70 bits per heavy atom. The van der Waals surface area contributed by atoms with E-state index in [0.717, 1.165) is 11.1 Å². The average Bonchev–Trinajstić information content (AvgIpc) is 2.89. The second kappa shape index (κ2) is 12.4. The van der Waals surface area contributed by atoms with Crippen molar-refractivity contribution < 1.29 is 23.1 Å². The number of likely N-dealkylation sites (tertiary alicyclic amines) is 1. The number of carbonyl (C=O) groups excluding carboxylic acids is 1. The van der Waals surface area contributed by atoms with Gasteiger partial charge in [-0.15, -0.1) is 0 Å². The molecule has 2 aliphatic heterocycles. The van der Waals surface area contributed by atoms with E-state index in [1.54, 1.807) is 13.0 Å². The first-order valence-corrected chi connectivity index (χ1v) is 16.2. The van der Waals surface area contributed by atoms with E-state index in [1.165, 1.54) is 10.6 Å². The van der Waals surface area contributed by atoms with Crippen LogP contribution in [0.4, 0.5) is 0 Å². The van der Waals surface area contributed by atoms with Gasteiger partial charge in [-0.05, 0) is 48.2 Å². The van der Waals surface area contributed by atoms with Crippen molar-refractivity contribution in [3.8, 4) is 0 Å². The fourth-order valence-corrected chi connectivity index (χ4v) is 7.39. The maximum Gasteiger partial charge on any atom is 0.304 e. The normalized spacial score (nSPS) is 25.6. The fourth-order valence-electron chi connectivity index (χ4n) is 6.24. The van der Waals surface area contributed by atoms with E-state index >= 15 is 0 Å². The highest BCUT2D eigenvalue weighted by Gasteiger charge is 2.52. The van der Waals surface area contributed by atoms with E-state index in [2.05, 4.69) is 4.90 Å². The number of hydrogen-bond acceptors (Lipinski definition) is 5. The lowest BCUT2D eigenvalue weighted by Gasteiger charge is -2.52. The fraction of sp³-hybridized carbons (Fsp3) is 0.517. The zero-order chi connectivity index (χ0) is 29.2. The van der Waals surface area contributed by atoms with Gasteiger partial charge in [-0.25, -0.2) is 8.42 Å². The molecule has 0 radical (unpaired) electrons. The molecule has 1 amide bonds. The van der Waals surface area contributed by atoms with Crippen molar-refractivity contribution in [2.75, 3.05) is 39.0 Å². The number of carboxylic acids is 1. The third kappa shape index (κ3) is 6.82. The summed E-state index contributed by atoms with van der Waals surface area (Å²) in [6, 6.07) is 14.5. The molecule has 0 aliphatic carbocycles. The third-order valence-corrected chi connectivity index (χ3v) is 10.1. The lowest BCUT2D eigenvalue weighted by molar-refractivity contribution is -0.161. The van der Waals surface area contributed by atoms with Gasteiger partial charge >= 0.3 is 5.97 Å². The average molecular weight is 611 g/mol. The number of carbonyl (C=O) groups is 2. The number of piperazine rings is 1. The van der Waals surface area contributed by atoms with Crippen LogP contribution in [0.1, 0.15) is 56.2 Å². The molecule has 8 nitrogen and oxygen atoms in total. The van der Waals surface area contributed by atoms with E-state index in [1.807, 2.05) is 54.3 Å². The van der Waals surface area contributed by atoms with Crippen LogP contribution in [-0.2, 0) is 19.6 Å². The topological polar surface area (TPSA) is 98.2 Å². The largest absolute Gasteiger partial charge is 0.481 e. The minimum absolute atomic E-state index is 0.185. The molecule has 11 heteroatoms. The Bertz CT molecular complexity index is 1330. The third-order valence-electron chi connectivity index (χ3n) is 8.27. The van der Waals surface area contributed by atoms with Crippen LogP contribution < -0.4 is 0 Å². The van der Waals surface area contributed by atoms with Crippen molar-refractivity contribution >= 4 is 45.1 Å². The Morgan fingerprint density at radius 3 is 2.25 bits per heavy atom. The predicted octanol–water partition coefficient (Wildman–Crippen LogP) is 4.89. The SMILES string of the molecule is CCC(CN1CCN(S(C)(=O)=O)CC1)N1C(=O)C(C)(CC(=O)O)CC(c2cccc(Cl)c2)C1c1ccc(Cl)cc1. The standard InChI is InChI=1S/C29H37Cl2N3O5S/c1-4-24(19-32-12-14-33(15-13-32)40(3,38)39)34-27(20-8-10-22(30)11-9-20)25(21-6-5-7-23(31)16-21)17-29(2,28(34)37)18-26(35)36/h5-11,16,24-25,27H,4,12-15,17-19H2,1-3H3,(H,35,36). The van der Waals surface area contributed by atoms with E-state index in [4.69, 9.17) is 23.2 Å². The van der Waals surface area contributed by atoms with Crippen LogP contribution in [0.15, 0.2) is 48.5 Å². The molecule has 0 spiro atoms. The number of aliphatic carboxylic acids is 1. The first kappa shape index (κ1) is 30.8. The molecule has 2 heterocycles. The van der Waals surface area contributed by atoms with Crippen LogP contribution >= 0.6 is 23.2 Å². The molecular formula is C29H37Cl2N3O5S.